The second-order valence-electron chi connectivity index (χ2n) is 3.00. The van der Waals surface area contributed by atoms with Gasteiger partial charge >= 0.3 is 0 Å². The van der Waals surface area contributed by atoms with Gasteiger partial charge in [-0.3, -0.25) is 0 Å². The predicted octanol–water partition coefficient (Wildman–Crippen LogP) is 4.11. The third-order valence-corrected chi connectivity index (χ3v) is 2.13. The first-order valence-corrected chi connectivity index (χ1v) is 5.24. The van der Waals surface area contributed by atoms with Crippen LogP contribution in [-0.2, 0) is 0 Å². The first-order chi connectivity index (χ1) is 6.43. The van der Waals surface area contributed by atoms with Crippen LogP contribution >= 0.6 is 11.6 Å². The van der Waals surface area contributed by atoms with Crippen molar-refractivity contribution in [1.29, 1.82) is 0 Å². The highest BCUT2D eigenvalue weighted by Gasteiger charge is 1.84. The van der Waals surface area contributed by atoms with Crippen LogP contribution in [0.4, 0.5) is 0 Å². The Labute approximate surface area is 85.2 Å². The van der Waals surface area contributed by atoms with E-state index in [9.17, 15) is 0 Å². The molecular weight excluding hydrogens is 180 g/mol. The molecule has 0 saturated heterocycles. The summed E-state index contributed by atoms with van der Waals surface area (Å²) in [4.78, 5) is 0. The summed E-state index contributed by atoms with van der Waals surface area (Å²) >= 11 is 5.57. The molecule has 0 amide bonds. The molecule has 0 nitrogen and oxygen atoms in total. The third-order valence-electron chi connectivity index (χ3n) is 1.86. The van der Waals surface area contributed by atoms with Gasteiger partial charge in [-0.2, -0.15) is 0 Å². The Morgan fingerprint density at radius 3 is 2.54 bits per heavy atom. The molecule has 13 heavy (non-hydrogen) atoms. The van der Waals surface area contributed by atoms with E-state index in [-0.39, 0.29) is 0 Å². The number of hydrogen-bond acceptors (Lipinski definition) is 0. The minimum Gasteiger partial charge on any atom is -0.127 e. The predicted molar refractivity (Wildman–Crippen MR) is 60.0 cm³/mol. The Bertz CT molecular complexity index is 239. The highest BCUT2D eigenvalue weighted by Crippen LogP contribution is 2.04. The topological polar surface area (TPSA) is 0 Å². The van der Waals surface area contributed by atoms with Crippen molar-refractivity contribution in [2.45, 2.75) is 19.3 Å². The first-order valence-electron chi connectivity index (χ1n) is 4.71. The molecule has 0 spiro atoms. The molecule has 0 unspecified atom stereocenters. The van der Waals surface area contributed by atoms with Crippen LogP contribution in [0.2, 0.25) is 0 Å². The molecule has 0 fully saturated rings. The number of benzene rings is 1. The summed E-state index contributed by atoms with van der Waals surface area (Å²) in [6.45, 7) is 0. The fraction of sp³-hybridized carbons (Fsp3) is 0.333. The molecule has 0 atom stereocenters. The maximum Gasteiger partial charge on any atom is 0.0223 e. The van der Waals surface area contributed by atoms with E-state index in [1.54, 1.807) is 0 Å². The van der Waals surface area contributed by atoms with Gasteiger partial charge in [0, 0.05) is 5.88 Å². The Morgan fingerprint density at radius 2 is 1.85 bits per heavy atom. The Kier molecular flexibility index (Phi) is 5.35. The van der Waals surface area contributed by atoms with Crippen molar-refractivity contribution in [2.75, 3.05) is 5.88 Å². The molecule has 0 N–H and O–H groups in total. The first kappa shape index (κ1) is 10.3. The summed E-state index contributed by atoms with van der Waals surface area (Å²) in [5, 5.41) is 0. The largest absolute Gasteiger partial charge is 0.127 e. The number of rotatable bonds is 5. The highest BCUT2D eigenvalue weighted by atomic mass is 35.5. The fourth-order valence-corrected chi connectivity index (χ4v) is 1.33. The summed E-state index contributed by atoms with van der Waals surface area (Å²) in [6, 6.07) is 10.4. The zero-order valence-electron chi connectivity index (χ0n) is 7.75. The molecule has 0 aromatic heterocycles. The highest BCUT2D eigenvalue weighted by molar-refractivity contribution is 6.17. The van der Waals surface area contributed by atoms with Gasteiger partial charge in [-0.1, -0.05) is 42.5 Å². The van der Waals surface area contributed by atoms with Gasteiger partial charge in [-0.05, 0) is 24.8 Å². The maximum atomic E-state index is 5.57. The standard InChI is InChI=1S/C12H15Cl/c13-11-7-2-1-4-8-12-9-5-3-6-10-12/h3-6,8-10H,1-2,7,11H2. The molecule has 0 aliphatic carbocycles. The van der Waals surface area contributed by atoms with E-state index < -0.39 is 0 Å². The van der Waals surface area contributed by atoms with E-state index in [0.717, 1.165) is 18.7 Å². The molecule has 0 bridgehead atoms. The van der Waals surface area contributed by atoms with Gasteiger partial charge in [0.05, 0.1) is 0 Å². The summed E-state index contributed by atoms with van der Waals surface area (Å²) in [5.74, 6) is 0.777. The summed E-state index contributed by atoms with van der Waals surface area (Å²) < 4.78 is 0. The Balaban J connectivity index is 2.25. The number of unbranched alkanes of at least 4 members (excludes halogenated alkanes) is 2. The maximum absolute atomic E-state index is 5.57. The van der Waals surface area contributed by atoms with Gasteiger partial charge in [0.25, 0.3) is 0 Å². The molecule has 70 valence electrons. The van der Waals surface area contributed by atoms with Crippen LogP contribution < -0.4 is 0 Å². The van der Waals surface area contributed by atoms with E-state index in [4.69, 9.17) is 11.6 Å². The molecule has 1 heteroatoms. The quantitative estimate of drug-likeness (QED) is 0.489. The molecule has 0 heterocycles. The average Bonchev–Trinajstić information content (AvgIpc) is 2.19. The van der Waals surface area contributed by atoms with Crippen molar-refractivity contribution < 1.29 is 0 Å². The van der Waals surface area contributed by atoms with E-state index in [1.807, 2.05) is 6.07 Å². The smallest absolute Gasteiger partial charge is 0.0223 e. The number of alkyl halides is 1. The van der Waals surface area contributed by atoms with Crippen LogP contribution in [0.1, 0.15) is 24.8 Å². The average molecular weight is 195 g/mol. The van der Waals surface area contributed by atoms with Crippen molar-refractivity contribution in [3.8, 4) is 0 Å². The lowest BCUT2D eigenvalue weighted by Crippen LogP contribution is -1.74. The molecule has 1 aromatic carbocycles. The van der Waals surface area contributed by atoms with E-state index >= 15 is 0 Å². The zero-order valence-corrected chi connectivity index (χ0v) is 8.50. The summed E-state index contributed by atoms with van der Waals surface area (Å²) in [7, 11) is 0. The number of hydrogen-bond donors (Lipinski definition) is 0. The molecule has 1 rings (SSSR count). The Hall–Kier alpha value is -0.750. The van der Waals surface area contributed by atoms with Gasteiger partial charge in [0.15, 0.2) is 0 Å². The minimum atomic E-state index is 0.777. The van der Waals surface area contributed by atoms with Crippen LogP contribution in [0.15, 0.2) is 36.4 Å². The number of halogens is 1. The SMILES string of the molecule is ClCCCCC=Cc1ccccc1. The van der Waals surface area contributed by atoms with Gasteiger partial charge in [-0.15, -0.1) is 11.6 Å². The van der Waals surface area contributed by atoms with Crippen LogP contribution in [0, 0.1) is 0 Å². The van der Waals surface area contributed by atoms with Crippen LogP contribution in [0.5, 0.6) is 0 Å². The Morgan fingerprint density at radius 1 is 1.08 bits per heavy atom. The van der Waals surface area contributed by atoms with Crippen molar-refractivity contribution in [3.63, 3.8) is 0 Å². The van der Waals surface area contributed by atoms with Crippen molar-refractivity contribution in [3.05, 3.63) is 42.0 Å². The second-order valence-corrected chi connectivity index (χ2v) is 3.38. The van der Waals surface area contributed by atoms with Crippen molar-refractivity contribution >= 4 is 17.7 Å². The van der Waals surface area contributed by atoms with Gasteiger partial charge in [-0.25, -0.2) is 0 Å². The fourth-order valence-electron chi connectivity index (χ4n) is 1.14. The van der Waals surface area contributed by atoms with Gasteiger partial charge in [0.2, 0.25) is 0 Å². The normalized spacial score (nSPS) is 10.8. The second kappa shape index (κ2) is 6.73. The van der Waals surface area contributed by atoms with E-state index in [2.05, 4.69) is 36.4 Å². The molecular formula is C12H15Cl. The lowest BCUT2D eigenvalue weighted by molar-refractivity contribution is 0.822. The van der Waals surface area contributed by atoms with Crippen molar-refractivity contribution in [2.24, 2.45) is 0 Å². The summed E-state index contributed by atoms with van der Waals surface area (Å²) in [5.41, 5.74) is 1.27. The zero-order chi connectivity index (χ0) is 9.36. The van der Waals surface area contributed by atoms with Crippen molar-refractivity contribution in [1.82, 2.24) is 0 Å². The van der Waals surface area contributed by atoms with E-state index in [0.29, 0.717) is 0 Å². The summed E-state index contributed by atoms with van der Waals surface area (Å²) in [6.07, 6.45) is 7.80. The van der Waals surface area contributed by atoms with E-state index in [1.165, 1.54) is 12.0 Å². The lowest BCUT2D eigenvalue weighted by atomic mass is 10.2. The van der Waals surface area contributed by atoms with Crippen LogP contribution in [-0.4, -0.2) is 5.88 Å². The monoisotopic (exact) mass is 194 g/mol. The lowest BCUT2D eigenvalue weighted by Gasteiger charge is -1.92. The number of allylic oxidation sites excluding steroid dienone is 1. The molecule has 1 aromatic rings. The van der Waals surface area contributed by atoms with Crippen LogP contribution in [0.25, 0.3) is 6.08 Å². The van der Waals surface area contributed by atoms with Gasteiger partial charge in [0.1, 0.15) is 0 Å². The van der Waals surface area contributed by atoms with Gasteiger partial charge < -0.3 is 0 Å². The molecule has 0 saturated carbocycles. The molecule has 0 aliphatic heterocycles. The molecule has 0 radical (unpaired) electrons. The van der Waals surface area contributed by atoms with Crippen LogP contribution in [0.3, 0.4) is 0 Å². The third kappa shape index (κ3) is 4.74. The minimum absolute atomic E-state index is 0.777. The molecule has 0 aliphatic rings.